The minimum absolute atomic E-state index is 0.292. The second kappa shape index (κ2) is 4.87. The predicted octanol–water partition coefficient (Wildman–Crippen LogP) is 3.16. The molecule has 0 bridgehead atoms. The predicted molar refractivity (Wildman–Crippen MR) is 65.9 cm³/mol. The van der Waals surface area contributed by atoms with Crippen molar-refractivity contribution in [2.24, 2.45) is 0 Å². The van der Waals surface area contributed by atoms with E-state index in [1.54, 1.807) is 0 Å². The van der Waals surface area contributed by atoms with Gasteiger partial charge in [0.2, 0.25) is 0 Å². The highest BCUT2D eigenvalue weighted by Gasteiger charge is 2.25. The molecule has 1 fully saturated rings. The number of rotatable bonds is 2. The van der Waals surface area contributed by atoms with E-state index < -0.39 is 0 Å². The second-order valence-electron chi connectivity index (χ2n) is 4.26. The quantitative estimate of drug-likeness (QED) is 0.806. The Morgan fingerprint density at radius 1 is 1.44 bits per heavy atom. The topological polar surface area (TPSA) is 52.3 Å². The van der Waals surface area contributed by atoms with Gasteiger partial charge in [-0.1, -0.05) is 19.3 Å². The van der Waals surface area contributed by atoms with Gasteiger partial charge in [-0.2, -0.15) is 0 Å². The highest BCUT2D eigenvalue weighted by atomic mass is 32.1. The Balaban J connectivity index is 2.29. The van der Waals surface area contributed by atoms with Crippen LogP contribution in [0.1, 0.15) is 53.9 Å². The maximum atomic E-state index is 11.7. The van der Waals surface area contributed by atoms with Crippen LogP contribution in [0.15, 0.2) is 5.38 Å². The van der Waals surface area contributed by atoms with Gasteiger partial charge in [-0.15, -0.1) is 11.3 Å². The molecule has 0 saturated heterocycles. The van der Waals surface area contributed by atoms with Crippen LogP contribution in [0.3, 0.4) is 0 Å². The van der Waals surface area contributed by atoms with Crippen molar-refractivity contribution in [3.05, 3.63) is 16.5 Å². The second-order valence-corrected chi connectivity index (χ2v) is 5.17. The van der Waals surface area contributed by atoms with Crippen molar-refractivity contribution in [3.8, 4) is 0 Å². The van der Waals surface area contributed by atoms with Crippen molar-refractivity contribution in [2.75, 3.05) is 12.8 Å². The summed E-state index contributed by atoms with van der Waals surface area (Å²) >= 11 is 1.45. The van der Waals surface area contributed by atoms with E-state index in [0.717, 1.165) is 5.56 Å². The van der Waals surface area contributed by atoms with Crippen molar-refractivity contribution in [1.29, 1.82) is 0 Å². The van der Waals surface area contributed by atoms with Gasteiger partial charge in [0.1, 0.15) is 5.00 Å². The number of carbonyl (C=O) groups excluding carboxylic acids is 1. The number of nitrogens with two attached hydrogens (primary N) is 1. The number of thiophene rings is 1. The van der Waals surface area contributed by atoms with E-state index in [0.29, 0.717) is 16.5 Å². The van der Waals surface area contributed by atoms with Crippen LogP contribution in [-0.4, -0.2) is 13.1 Å². The van der Waals surface area contributed by atoms with Gasteiger partial charge in [-0.05, 0) is 29.7 Å². The van der Waals surface area contributed by atoms with E-state index >= 15 is 0 Å². The third-order valence-electron chi connectivity index (χ3n) is 3.28. The van der Waals surface area contributed by atoms with E-state index in [-0.39, 0.29) is 5.97 Å². The summed E-state index contributed by atoms with van der Waals surface area (Å²) in [5.41, 5.74) is 7.56. The van der Waals surface area contributed by atoms with Crippen LogP contribution in [0.5, 0.6) is 0 Å². The third kappa shape index (κ3) is 2.07. The molecule has 0 atom stereocenters. The largest absolute Gasteiger partial charge is 0.465 e. The first-order valence-electron chi connectivity index (χ1n) is 5.69. The number of methoxy groups -OCH3 is 1. The normalized spacial score (nSPS) is 17.3. The average Bonchev–Trinajstić information content (AvgIpc) is 2.71. The molecule has 2 N–H and O–H groups in total. The molecule has 1 saturated carbocycles. The van der Waals surface area contributed by atoms with Crippen molar-refractivity contribution in [1.82, 2.24) is 0 Å². The van der Waals surface area contributed by atoms with Gasteiger partial charge in [-0.3, -0.25) is 0 Å². The van der Waals surface area contributed by atoms with Crippen LogP contribution in [0.2, 0.25) is 0 Å². The van der Waals surface area contributed by atoms with E-state index in [1.165, 1.54) is 50.6 Å². The van der Waals surface area contributed by atoms with Gasteiger partial charge >= 0.3 is 5.97 Å². The first-order chi connectivity index (χ1) is 7.74. The minimum atomic E-state index is -0.292. The molecule has 0 unspecified atom stereocenters. The lowest BCUT2D eigenvalue weighted by molar-refractivity contribution is 0.0600. The van der Waals surface area contributed by atoms with E-state index in [2.05, 4.69) is 0 Å². The molecule has 4 heteroatoms. The number of ether oxygens (including phenoxy) is 1. The zero-order valence-electron chi connectivity index (χ0n) is 9.49. The van der Waals surface area contributed by atoms with Crippen molar-refractivity contribution in [3.63, 3.8) is 0 Å². The Bertz CT molecular complexity index is 380. The lowest BCUT2D eigenvalue weighted by Crippen LogP contribution is -2.11. The number of carbonyl (C=O) groups is 1. The molecule has 0 aliphatic heterocycles. The van der Waals surface area contributed by atoms with Gasteiger partial charge in [0.25, 0.3) is 0 Å². The Morgan fingerprint density at radius 2 is 2.12 bits per heavy atom. The number of anilines is 1. The van der Waals surface area contributed by atoms with Crippen molar-refractivity contribution >= 4 is 22.3 Å². The minimum Gasteiger partial charge on any atom is -0.465 e. The summed E-state index contributed by atoms with van der Waals surface area (Å²) in [5.74, 6) is 0.204. The summed E-state index contributed by atoms with van der Waals surface area (Å²) in [7, 11) is 1.41. The Kier molecular flexibility index (Phi) is 3.49. The van der Waals surface area contributed by atoms with Crippen molar-refractivity contribution < 1.29 is 9.53 Å². The average molecular weight is 239 g/mol. The summed E-state index contributed by atoms with van der Waals surface area (Å²) in [6.07, 6.45) is 6.14. The summed E-state index contributed by atoms with van der Waals surface area (Å²) in [6.45, 7) is 0. The van der Waals surface area contributed by atoms with Gasteiger partial charge in [0.05, 0.1) is 12.7 Å². The summed E-state index contributed by atoms with van der Waals surface area (Å²) in [5, 5.41) is 2.62. The van der Waals surface area contributed by atoms with E-state index in [9.17, 15) is 4.79 Å². The van der Waals surface area contributed by atoms with Crippen LogP contribution in [-0.2, 0) is 4.74 Å². The Morgan fingerprint density at radius 3 is 2.75 bits per heavy atom. The highest BCUT2D eigenvalue weighted by molar-refractivity contribution is 7.14. The highest BCUT2D eigenvalue weighted by Crippen LogP contribution is 2.39. The van der Waals surface area contributed by atoms with Crippen LogP contribution in [0, 0.1) is 0 Å². The molecule has 0 aromatic carbocycles. The fraction of sp³-hybridized carbons (Fsp3) is 0.583. The molecule has 1 heterocycles. The molecule has 1 aromatic heterocycles. The standard InChI is InChI=1S/C12H17NO2S/c1-15-12(14)10-9(7-16-11(10)13)8-5-3-2-4-6-8/h7-8H,2-6,13H2,1H3. The van der Waals surface area contributed by atoms with Crippen LogP contribution in [0.4, 0.5) is 5.00 Å². The molecule has 16 heavy (non-hydrogen) atoms. The lowest BCUT2D eigenvalue weighted by Gasteiger charge is -2.21. The van der Waals surface area contributed by atoms with Gasteiger partial charge in [0, 0.05) is 0 Å². The maximum Gasteiger partial charge on any atom is 0.341 e. The summed E-state index contributed by atoms with van der Waals surface area (Å²) < 4.78 is 4.79. The molecule has 1 aromatic rings. The summed E-state index contributed by atoms with van der Waals surface area (Å²) in [6, 6.07) is 0. The fourth-order valence-corrected chi connectivity index (χ4v) is 3.30. The van der Waals surface area contributed by atoms with Crippen LogP contribution >= 0.6 is 11.3 Å². The Labute approximate surface area is 99.6 Å². The molecule has 1 aliphatic carbocycles. The first kappa shape index (κ1) is 11.5. The number of hydrogen-bond donors (Lipinski definition) is 1. The molecule has 3 nitrogen and oxygen atoms in total. The zero-order valence-corrected chi connectivity index (χ0v) is 10.3. The molecular formula is C12H17NO2S. The van der Waals surface area contributed by atoms with E-state index in [4.69, 9.17) is 10.5 Å². The monoisotopic (exact) mass is 239 g/mol. The molecule has 1 aliphatic rings. The van der Waals surface area contributed by atoms with Crippen LogP contribution in [0.25, 0.3) is 0 Å². The van der Waals surface area contributed by atoms with Gasteiger partial charge < -0.3 is 10.5 Å². The molecule has 0 spiro atoms. The SMILES string of the molecule is COC(=O)c1c(C2CCCCC2)csc1N. The summed E-state index contributed by atoms with van der Waals surface area (Å²) in [4.78, 5) is 11.7. The number of hydrogen-bond acceptors (Lipinski definition) is 4. The van der Waals surface area contributed by atoms with E-state index in [1.807, 2.05) is 5.38 Å². The molecule has 2 rings (SSSR count). The van der Waals surface area contributed by atoms with Crippen molar-refractivity contribution in [2.45, 2.75) is 38.0 Å². The number of nitrogen functional groups attached to an aromatic ring is 1. The molecule has 88 valence electrons. The zero-order chi connectivity index (χ0) is 11.5. The lowest BCUT2D eigenvalue weighted by atomic mass is 9.83. The fourth-order valence-electron chi connectivity index (χ4n) is 2.42. The van der Waals surface area contributed by atoms with Gasteiger partial charge in [0.15, 0.2) is 0 Å². The third-order valence-corrected chi connectivity index (χ3v) is 4.11. The first-order valence-corrected chi connectivity index (χ1v) is 6.57. The van der Waals surface area contributed by atoms with Crippen LogP contribution < -0.4 is 5.73 Å². The molecule has 0 radical (unpaired) electrons. The number of esters is 1. The molecule has 0 amide bonds. The smallest absolute Gasteiger partial charge is 0.341 e. The maximum absolute atomic E-state index is 11.7. The molecular weight excluding hydrogens is 222 g/mol. The van der Waals surface area contributed by atoms with Gasteiger partial charge in [-0.25, -0.2) is 4.79 Å². The Hall–Kier alpha value is -1.03.